The van der Waals surface area contributed by atoms with Crippen LogP contribution < -0.4 is 5.32 Å². The van der Waals surface area contributed by atoms with Gasteiger partial charge < -0.3 is 5.32 Å². The highest BCUT2D eigenvalue weighted by Gasteiger charge is 2.29. The first-order valence-corrected chi connectivity index (χ1v) is 11.5. The molecule has 1 amide bonds. The molecule has 0 saturated carbocycles. The van der Waals surface area contributed by atoms with Gasteiger partial charge in [-0.3, -0.25) is 9.69 Å². The molecular weight excluding hydrogens is 386 g/mol. The Balaban J connectivity index is 1.56. The minimum absolute atomic E-state index is 0.0693. The van der Waals surface area contributed by atoms with Crippen LogP contribution in [0.5, 0.6) is 0 Å². The quantitative estimate of drug-likeness (QED) is 0.754. The van der Waals surface area contributed by atoms with Crippen molar-refractivity contribution in [1.82, 2.24) is 9.21 Å². The highest BCUT2D eigenvalue weighted by atomic mass is 32.2. The highest BCUT2D eigenvalue weighted by molar-refractivity contribution is 7.89. The standard InChI is InChI=1S/C22H29N3O3S/c1-3-18(2)20-11-7-8-12-21(20)23-22(26)17-24-13-15-25(16-14-24)29(27,28)19-9-5-4-6-10-19/h4-12,18H,3,13-17H2,1-2H3,(H,23,26)/t18-/m1/s1. The molecular formula is C22H29N3O3S. The van der Waals surface area contributed by atoms with E-state index in [1.807, 2.05) is 23.1 Å². The molecule has 1 aliphatic rings. The van der Waals surface area contributed by atoms with Crippen LogP contribution in [0.3, 0.4) is 0 Å². The Labute approximate surface area is 173 Å². The Kier molecular flexibility index (Phi) is 7.05. The maximum absolute atomic E-state index is 12.7. The fourth-order valence-electron chi connectivity index (χ4n) is 3.52. The fourth-order valence-corrected chi connectivity index (χ4v) is 4.97. The largest absolute Gasteiger partial charge is 0.325 e. The van der Waals surface area contributed by atoms with Gasteiger partial charge >= 0.3 is 0 Å². The number of anilines is 1. The number of carbonyl (C=O) groups is 1. The molecule has 1 heterocycles. The second kappa shape index (κ2) is 9.52. The van der Waals surface area contributed by atoms with E-state index in [0.717, 1.165) is 17.7 Å². The summed E-state index contributed by atoms with van der Waals surface area (Å²) in [5.74, 6) is 0.304. The van der Waals surface area contributed by atoms with E-state index in [0.29, 0.717) is 37.0 Å². The van der Waals surface area contributed by atoms with Gasteiger partial charge in [0.1, 0.15) is 0 Å². The molecule has 156 valence electrons. The molecule has 6 nitrogen and oxygen atoms in total. The third-order valence-corrected chi connectivity index (χ3v) is 7.37. The smallest absolute Gasteiger partial charge is 0.243 e. The van der Waals surface area contributed by atoms with Gasteiger partial charge in [-0.1, -0.05) is 50.2 Å². The predicted octanol–water partition coefficient (Wildman–Crippen LogP) is 3.15. The van der Waals surface area contributed by atoms with Gasteiger partial charge in [0.05, 0.1) is 11.4 Å². The van der Waals surface area contributed by atoms with Crippen LogP contribution in [0, 0.1) is 0 Å². The van der Waals surface area contributed by atoms with Gasteiger partial charge in [0, 0.05) is 31.9 Å². The average molecular weight is 416 g/mol. The van der Waals surface area contributed by atoms with Crippen molar-refractivity contribution >= 4 is 21.6 Å². The van der Waals surface area contributed by atoms with Crippen LogP contribution in [0.25, 0.3) is 0 Å². The number of piperazine rings is 1. The first kappa shape index (κ1) is 21.5. The molecule has 7 heteroatoms. The number of hydrogen-bond donors (Lipinski definition) is 1. The summed E-state index contributed by atoms with van der Waals surface area (Å²) < 4.78 is 26.9. The third-order valence-electron chi connectivity index (χ3n) is 5.46. The number of carbonyl (C=O) groups excluding carboxylic acids is 1. The molecule has 0 aromatic heterocycles. The van der Waals surface area contributed by atoms with Crippen LogP contribution in [-0.2, 0) is 14.8 Å². The van der Waals surface area contributed by atoms with Crippen molar-refractivity contribution in [2.45, 2.75) is 31.1 Å². The van der Waals surface area contributed by atoms with Crippen molar-refractivity contribution in [3.63, 3.8) is 0 Å². The number of benzene rings is 2. The Morgan fingerprint density at radius 2 is 1.62 bits per heavy atom. The van der Waals surface area contributed by atoms with Crippen molar-refractivity contribution in [3.8, 4) is 0 Å². The lowest BCUT2D eigenvalue weighted by Gasteiger charge is -2.33. The van der Waals surface area contributed by atoms with Crippen molar-refractivity contribution in [1.29, 1.82) is 0 Å². The second-order valence-corrected chi connectivity index (χ2v) is 9.38. The Hall–Kier alpha value is -2.22. The van der Waals surface area contributed by atoms with Gasteiger partial charge in [0.15, 0.2) is 0 Å². The lowest BCUT2D eigenvalue weighted by molar-refractivity contribution is -0.117. The predicted molar refractivity (Wildman–Crippen MR) is 115 cm³/mol. The minimum atomic E-state index is -3.47. The zero-order valence-electron chi connectivity index (χ0n) is 17.0. The molecule has 1 saturated heterocycles. The highest BCUT2D eigenvalue weighted by Crippen LogP contribution is 2.26. The summed E-state index contributed by atoms with van der Waals surface area (Å²) in [7, 11) is -3.47. The summed E-state index contributed by atoms with van der Waals surface area (Å²) in [6.07, 6.45) is 1.00. The van der Waals surface area contributed by atoms with Crippen LogP contribution in [-0.4, -0.2) is 56.3 Å². The maximum Gasteiger partial charge on any atom is 0.243 e. The van der Waals surface area contributed by atoms with E-state index in [4.69, 9.17) is 0 Å². The van der Waals surface area contributed by atoms with Gasteiger partial charge in [-0.25, -0.2) is 8.42 Å². The SMILES string of the molecule is CC[C@@H](C)c1ccccc1NC(=O)CN1CCN(S(=O)(=O)c2ccccc2)CC1. The molecule has 0 radical (unpaired) electrons. The number of amides is 1. The Morgan fingerprint density at radius 1 is 1.00 bits per heavy atom. The van der Waals surface area contributed by atoms with Gasteiger partial charge in [-0.2, -0.15) is 4.31 Å². The topological polar surface area (TPSA) is 69.7 Å². The van der Waals surface area contributed by atoms with Crippen LogP contribution in [0.2, 0.25) is 0 Å². The van der Waals surface area contributed by atoms with Gasteiger partial charge in [-0.05, 0) is 36.1 Å². The minimum Gasteiger partial charge on any atom is -0.325 e. The molecule has 0 unspecified atom stereocenters. The summed E-state index contributed by atoms with van der Waals surface area (Å²) in [5, 5.41) is 3.03. The Morgan fingerprint density at radius 3 is 2.28 bits per heavy atom. The first-order valence-electron chi connectivity index (χ1n) is 10.1. The van der Waals surface area contributed by atoms with Crippen LogP contribution in [0.15, 0.2) is 59.5 Å². The van der Waals surface area contributed by atoms with E-state index in [1.165, 1.54) is 4.31 Å². The van der Waals surface area contributed by atoms with E-state index < -0.39 is 10.0 Å². The van der Waals surface area contributed by atoms with Gasteiger partial charge in [-0.15, -0.1) is 0 Å². The van der Waals surface area contributed by atoms with Crippen LogP contribution in [0.4, 0.5) is 5.69 Å². The zero-order valence-corrected chi connectivity index (χ0v) is 17.9. The average Bonchev–Trinajstić information content (AvgIpc) is 2.74. The molecule has 1 atom stereocenters. The lowest BCUT2D eigenvalue weighted by Crippen LogP contribution is -2.50. The summed E-state index contributed by atoms with van der Waals surface area (Å²) in [6.45, 7) is 6.37. The molecule has 0 aliphatic carbocycles. The van der Waals surface area contributed by atoms with Crippen molar-refractivity contribution < 1.29 is 13.2 Å². The van der Waals surface area contributed by atoms with E-state index in [-0.39, 0.29) is 12.5 Å². The van der Waals surface area contributed by atoms with Crippen molar-refractivity contribution in [3.05, 3.63) is 60.2 Å². The monoisotopic (exact) mass is 415 g/mol. The first-order chi connectivity index (χ1) is 13.9. The molecule has 3 rings (SSSR count). The number of hydrogen-bond acceptors (Lipinski definition) is 4. The van der Waals surface area contributed by atoms with Crippen molar-refractivity contribution in [2.75, 3.05) is 38.0 Å². The number of para-hydroxylation sites is 1. The lowest BCUT2D eigenvalue weighted by atomic mass is 9.97. The number of nitrogens with zero attached hydrogens (tertiary/aromatic N) is 2. The molecule has 0 spiro atoms. The summed E-state index contributed by atoms with van der Waals surface area (Å²) in [6, 6.07) is 16.4. The number of rotatable bonds is 7. The zero-order chi connectivity index (χ0) is 20.9. The van der Waals surface area contributed by atoms with E-state index >= 15 is 0 Å². The maximum atomic E-state index is 12.7. The molecule has 2 aromatic rings. The fraction of sp³-hybridized carbons (Fsp3) is 0.409. The molecule has 2 aromatic carbocycles. The molecule has 29 heavy (non-hydrogen) atoms. The van der Waals surface area contributed by atoms with Crippen LogP contribution >= 0.6 is 0 Å². The number of nitrogens with one attached hydrogen (secondary N) is 1. The second-order valence-electron chi connectivity index (χ2n) is 7.44. The molecule has 1 N–H and O–H groups in total. The van der Waals surface area contributed by atoms with Crippen molar-refractivity contribution in [2.24, 2.45) is 0 Å². The molecule has 0 bridgehead atoms. The summed E-state index contributed by atoms with van der Waals surface area (Å²) in [5.41, 5.74) is 2.00. The van der Waals surface area contributed by atoms with Gasteiger partial charge in [0.2, 0.25) is 15.9 Å². The normalized spacial score (nSPS) is 17.0. The van der Waals surface area contributed by atoms with E-state index in [2.05, 4.69) is 25.2 Å². The van der Waals surface area contributed by atoms with E-state index in [9.17, 15) is 13.2 Å². The van der Waals surface area contributed by atoms with Crippen LogP contribution in [0.1, 0.15) is 31.7 Å². The Bertz CT molecular complexity index is 923. The molecule has 1 aliphatic heterocycles. The van der Waals surface area contributed by atoms with E-state index in [1.54, 1.807) is 30.3 Å². The summed E-state index contributed by atoms with van der Waals surface area (Å²) >= 11 is 0. The van der Waals surface area contributed by atoms with Gasteiger partial charge in [0.25, 0.3) is 0 Å². The third kappa shape index (κ3) is 5.23. The summed E-state index contributed by atoms with van der Waals surface area (Å²) in [4.78, 5) is 14.9. The number of sulfonamides is 1. The molecule has 1 fully saturated rings.